The lowest BCUT2D eigenvalue weighted by atomic mass is 10.0. The highest BCUT2D eigenvalue weighted by atomic mass is 15.2. The molecule has 0 aliphatic rings. The van der Waals surface area contributed by atoms with E-state index in [2.05, 4.69) is 51.8 Å². The van der Waals surface area contributed by atoms with Crippen molar-refractivity contribution in [3.05, 3.63) is 0 Å². The number of nitrogens with zero attached hydrogens (tertiary/aromatic N) is 1. The Balaban J connectivity index is 4.26. The highest BCUT2D eigenvalue weighted by molar-refractivity contribution is 4.79. The Bertz CT molecular complexity index is 147. The molecule has 86 valence electrons. The molecule has 0 saturated heterocycles. The van der Waals surface area contributed by atoms with Crippen LogP contribution in [0.25, 0.3) is 0 Å². The lowest BCUT2D eigenvalue weighted by Gasteiger charge is -2.38. The van der Waals surface area contributed by atoms with Gasteiger partial charge in [0.1, 0.15) is 0 Å². The van der Waals surface area contributed by atoms with Gasteiger partial charge in [0.2, 0.25) is 0 Å². The summed E-state index contributed by atoms with van der Waals surface area (Å²) < 4.78 is 0. The zero-order valence-electron chi connectivity index (χ0n) is 11.0. The maximum atomic E-state index is 3.30. The van der Waals surface area contributed by atoms with Crippen LogP contribution < -0.4 is 5.32 Å². The van der Waals surface area contributed by atoms with E-state index >= 15 is 0 Å². The van der Waals surface area contributed by atoms with Crippen molar-refractivity contribution in [2.24, 2.45) is 5.92 Å². The molecule has 2 heteroatoms. The van der Waals surface area contributed by atoms with Crippen molar-refractivity contribution in [3.8, 4) is 0 Å². The van der Waals surface area contributed by atoms with Gasteiger partial charge in [0, 0.05) is 24.7 Å². The minimum atomic E-state index is 0.273. The fourth-order valence-corrected chi connectivity index (χ4v) is 1.48. The fourth-order valence-electron chi connectivity index (χ4n) is 1.48. The third-order valence-corrected chi connectivity index (χ3v) is 2.52. The second-order valence-corrected chi connectivity index (χ2v) is 5.66. The molecular weight excluding hydrogens is 172 g/mol. The van der Waals surface area contributed by atoms with Crippen LogP contribution >= 0.6 is 0 Å². The number of likely N-dealkylation sites (N-methyl/N-ethyl adjacent to an activating group) is 1. The molecule has 0 aromatic carbocycles. The first-order valence-electron chi connectivity index (χ1n) is 5.69. The van der Waals surface area contributed by atoms with Crippen molar-refractivity contribution >= 4 is 0 Å². The summed E-state index contributed by atoms with van der Waals surface area (Å²) in [5, 5.41) is 3.30. The van der Waals surface area contributed by atoms with Crippen LogP contribution in [-0.2, 0) is 0 Å². The molecule has 0 heterocycles. The van der Waals surface area contributed by atoms with Gasteiger partial charge in [0.15, 0.2) is 0 Å². The predicted molar refractivity (Wildman–Crippen MR) is 64.7 cm³/mol. The van der Waals surface area contributed by atoms with E-state index in [1.807, 2.05) is 7.05 Å². The lowest BCUT2D eigenvalue weighted by molar-refractivity contribution is 0.110. The fraction of sp³-hybridized carbons (Fsp3) is 1.00. The van der Waals surface area contributed by atoms with Crippen molar-refractivity contribution in [1.82, 2.24) is 10.2 Å². The molecule has 0 amide bonds. The van der Waals surface area contributed by atoms with Crippen molar-refractivity contribution < 1.29 is 0 Å². The zero-order chi connectivity index (χ0) is 11.4. The molecule has 0 rings (SSSR count). The molecule has 1 atom stereocenters. The average molecular weight is 200 g/mol. The SMILES string of the molecule is CNC(C)CN(CC(C)C)C(C)(C)C. The monoisotopic (exact) mass is 200 g/mol. The minimum absolute atomic E-state index is 0.273. The molecule has 0 aliphatic heterocycles. The highest BCUT2D eigenvalue weighted by Crippen LogP contribution is 2.15. The van der Waals surface area contributed by atoms with Crippen LogP contribution in [0.3, 0.4) is 0 Å². The van der Waals surface area contributed by atoms with Crippen LogP contribution in [-0.4, -0.2) is 36.6 Å². The number of nitrogens with one attached hydrogen (secondary N) is 1. The molecular formula is C12H28N2. The van der Waals surface area contributed by atoms with E-state index in [4.69, 9.17) is 0 Å². The molecule has 1 unspecified atom stereocenters. The molecule has 0 radical (unpaired) electrons. The van der Waals surface area contributed by atoms with Crippen LogP contribution in [0.15, 0.2) is 0 Å². The molecule has 0 aliphatic carbocycles. The van der Waals surface area contributed by atoms with Gasteiger partial charge in [-0.3, -0.25) is 4.90 Å². The summed E-state index contributed by atoms with van der Waals surface area (Å²) in [6.45, 7) is 16.0. The first kappa shape index (κ1) is 13.9. The third-order valence-electron chi connectivity index (χ3n) is 2.52. The maximum absolute atomic E-state index is 3.30. The van der Waals surface area contributed by atoms with Crippen molar-refractivity contribution in [3.63, 3.8) is 0 Å². The maximum Gasteiger partial charge on any atom is 0.0163 e. The highest BCUT2D eigenvalue weighted by Gasteiger charge is 2.22. The van der Waals surface area contributed by atoms with E-state index in [9.17, 15) is 0 Å². The van der Waals surface area contributed by atoms with Gasteiger partial charge < -0.3 is 5.32 Å². The van der Waals surface area contributed by atoms with E-state index in [0.717, 1.165) is 12.5 Å². The Labute approximate surface area is 90.1 Å². The Morgan fingerprint density at radius 1 is 1.07 bits per heavy atom. The Morgan fingerprint density at radius 2 is 1.57 bits per heavy atom. The minimum Gasteiger partial charge on any atom is -0.316 e. The number of rotatable bonds is 5. The van der Waals surface area contributed by atoms with Crippen LogP contribution in [0.2, 0.25) is 0 Å². The third kappa shape index (κ3) is 5.61. The molecule has 0 aromatic heterocycles. The Hall–Kier alpha value is -0.0800. The van der Waals surface area contributed by atoms with Gasteiger partial charge >= 0.3 is 0 Å². The predicted octanol–water partition coefficient (Wildman–Crippen LogP) is 2.35. The van der Waals surface area contributed by atoms with E-state index in [1.165, 1.54) is 6.54 Å². The molecule has 0 spiro atoms. The van der Waals surface area contributed by atoms with Gasteiger partial charge in [0.25, 0.3) is 0 Å². The van der Waals surface area contributed by atoms with Gasteiger partial charge in [-0.15, -0.1) is 0 Å². The van der Waals surface area contributed by atoms with Crippen LogP contribution in [0.4, 0.5) is 0 Å². The largest absolute Gasteiger partial charge is 0.316 e. The normalized spacial score (nSPS) is 15.2. The number of hydrogen-bond donors (Lipinski definition) is 1. The van der Waals surface area contributed by atoms with Crippen LogP contribution in [0.5, 0.6) is 0 Å². The molecule has 0 fully saturated rings. The molecule has 0 saturated carbocycles. The van der Waals surface area contributed by atoms with E-state index < -0.39 is 0 Å². The van der Waals surface area contributed by atoms with Gasteiger partial charge in [-0.05, 0) is 40.7 Å². The van der Waals surface area contributed by atoms with E-state index in [0.29, 0.717) is 6.04 Å². The molecule has 0 bridgehead atoms. The van der Waals surface area contributed by atoms with Crippen LogP contribution in [0.1, 0.15) is 41.5 Å². The van der Waals surface area contributed by atoms with E-state index in [-0.39, 0.29) is 5.54 Å². The summed E-state index contributed by atoms with van der Waals surface area (Å²) in [7, 11) is 2.03. The number of hydrogen-bond acceptors (Lipinski definition) is 2. The molecule has 14 heavy (non-hydrogen) atoms. The van der Waals surface area contributed by atoms with Crippen molar-refractivity contribution in [2.45, 2.75) is 53.1 Å². The quantitative estimate of drug-likeness (QED) is 0.733. The first-order valence-corrected chi connectivity index (χ1v) is 5.69. The molecule has 1 N–H and O–H groups in total. The lowest BCUT2D eigenvalue weighted by Crippen LogP contribution is -2.49. The summed E-state index contributed by atoms with van der Waals surface area (Å²) in [5.41, 5.74) is 0.273. The van der Waals surface area contributed by atoms with E-state index in [1.54, 1.807) is 0 Å². The van der Waals surface area contributed by atoms with Crippen molar-refractivity contribution in [2.75, 3.05) is 20.1 Å². The summed E-state index contributed by atoms with van der Waals surface area (Å²) >= 11 is 0. The topological polar surface area (TPSA) is 15.3 Å². The smallest absolute Gasteiger partial charge is 0.0163 e. The molecule has 0 aromatic rings. The first-order chi connectivity index (χ1) is 6.27. The van der Waals surface area contributed by atoms with Gasteiger partial charge in [-0.1, -0.05) is 13.8 Å². The Kier molecular flexibility index (Phi) is 5.68. The second-order valence-electron chi connectivity index (χ2n) is 5.66. The van der Waals surface area contributed by atoms with Gasteiger partial charge in [-0.2, -0.15) is 0 Å². The zero-order valence-corrected chi connectivity index (χ0v) is 11.0. The average Bonchev–Trinajstić information content (AvgIpc) is 2.00. The summed E-state index contributed by atoms with van der Waals surface area (Å²) in [4.78, 5) is 2.55. The van der Waals surface area contributed by atoms with Crippen molar-refractivity contribution in [1.29, 1.82) is 0 Å². The Morgan fingerprint density at radius 3 is 1.86 bits per heavy atom. The summed E-state index contributed by atoms with van der Waals surface area (Å²) in [6.07, 6.45) is 0. The molecule has 2 nitrogen and oxygen atoms in total. The van der Waals surface area contributed by atoms with Gasteiger partial charge in [0.05, 0.1) is 0 Å². The van der Waals surface area contributed by atoms with Gasteiger partial charge in [-0.25, -0.2) is 0 Å². The summed E-state index contributed by atoms with van der Waals surface area (Å²) in [6, 6.07) is 0.563. The standard InChI is InChI=1S/C12H28N2/c1-10(2)8-14(12(4,5)6)9-11(3)13-7/h10-11,13H,8-9H2,1-7H3. The summed E-state index contributed by atoms with van der Waals surface area (Å²) in [5.74, 6) is 0.735. The second kappa shape index (κ2) is 5.72. The van der Waals surface area contributed by atoms with Crippen LogP contribution in [0, 0.1) is 5.92 Å².